The summed E-state index contributed by atoms with van der Waals surface area (Å²) in [4.78, 5) is 29.9. The molecule has 0 radical (unpaired) electrons. The summed E-state index contributed by atoms with van der Waals surface area (Å²) in [5.41, 5.74) is 3.35. The first-order valence-electron chi connectivity index (χ1n) is 10.2. The van der Waals surface area contributed by atoms with E-state index in [9.17, 15) is 4.79 Å². The number of pyridine rings is 1. The fraction of sp³-hybridized carbons (Fsp3) is 0.391. The third-order valence-electron chi connectivity index (χ3n) is 5.15. The van der Waals surface area contributed by atoms with E-state index in [1.165, 1.54) is 0 Å². The summed E-state index contributed by atoms with van der Waals surface area (Å²) in [5.74, 6) is 0.900. The summed E-state index contributed by atoms with van der Waals surface area (Å²) in [5, 5.41) is 1.08. The molecule has 2 aromatic heterocycles. The van der Waals surface area contributed by atoms with E-state index in [-0.39, 0.29) is 6.09 Å². The minimum atomic E-state index is -0.486. The Labute approximate surface area is 176 Å². The van der Waals surface area contributed by atoms with Gasteiger partial charge in [-0.15, -0.1) is 0 Å². The molecule has 0 unspecified atom stereocenters. The van der Waals surface area contributed by atoms with Gasteiger partial charge in [-0.2, -0.15) is 0 Å². The van der Waals surface area contributed by atoms with E-state index in [1.807, 2.05) is 52.1 Å². The molecule has 1 saturated heterocycles. The van der Waals surface area contributed by atoms with E-state index in [0.29, 0.717) is 26.2 Å². The van der Waals surface area contributed by atoms with Crippen molar-refractivity contribution in [1.82, 2.24) is 19.9 Å². The van der Waals surface area contributed by atoms with Gasteiger partial charge in [-0.25, -0.2) is 14.8 Å². The van der Waals surface area contributed by atoms with Gasteiger partial charge in [0.2, 0.25) is 0 Å². The molecule has 156 valence electrons. The van der Waals surface area contributed by atoms with Gasteiger partial charge in [0.05, 0.1) is 11.2 Å². The monoisotopic (exact) mass is 405 g/mol. The van der Waals surface area contributed by atoms with Crippen molar-refractivity contribution >= 4 is 22.8 Å². The number of piperazine rings is 1. The van der Waals surface area contributed by atoms with Crippen molar-refractivity contribution in [3.8, 4) is 11.3 Å². The number of carbonyl (C=O) groups is 1. The molecule has 0 bridgehead atoms. The zero-order valence-electron chi connectivity index (χ0n) is 17.9. The first-order chi connectivity index (χ1) is 14.3. The number of nitrogens with zero attached hydrogens (tertiary/aromatic N) is 5. The molecule has 3 heterocycles. The Morgan fingerprint density at radius 2 is 1.77 bits per heavy atom. The van der Waals surface area contributed by atoms with Gasteiger partial charge < -0.3 is 14.5 Å². The molecule has 0 N–H and O–H groups in total. The highest BCUT2D eigenvalue weighted by Gasteiger charge is 2.27. The molecule has 0 saturated carbocycles. The SMILES string of the molecule is Cc1c(-c2cnc3ccccc3c2)ncnc1N1CCN(C(=O)OC(C)(C)C)CC1. The van der Waals surface area contributed by atoms with Crippen LogP contribution in [0.3, 0.4) is 0 Å². The number of para-hydroxylation sites is 1. The summed E-state index contributed by atoms with van der Waals surface area (Å²) >= 11 is 0. The summed E-state index contributed by atoms with van der Waals surface area (Å²) in [6.07, 6.45) is 3.21. The number of hydrogen-bond donors (Lipinski definition) is 0. The molecule has 7 nitrogen and oxygen atoms in total. The standard InChI is InChI=1S/C23H27N5O2/c1-16-20(18-13-17-7-5-6-8-19(17)24-14-18)25-15-26-21(16)27-9-11-28(12-10-27)22(29)30-23(2,3)4/h5-8,13-15H,9-12H2,1-4H3. The third kappa shape index (κ3) is 4.20. The number of fused-ring (bicyclic) bond motifs is 1. The van der Waals surface area contributed by atoms with Crippen molar-refractivity contribution in [3.05, 3.63) is 48.4 Å². The first-order valence-corrected chi connectivity index (χ1v) is 10.2. The second-order valence-corrected chi connectivity index (χ2v) is 8.54. The van der Waals surface area contributed by atoms with Crippen LogP contribution >= 0.6 is 0 Å². The predicted octanol–water partition coefficient (Wildman–Crippen LogP) is 4.06. The second-order valence-electron chi connectivity index (χ2n) is 8.54. The molecule has 0 aliphatic carbocycles. The lowest BCUT2D eigenvalue weighted by atomic mass is 10.1. The van der Waals surface area contributed by atoms with Crippen LogP contribution in [-0.2, 0) is 4.74 Å². The number of amides is 1. The molecule has 1 fully saturated rings. The predicted molar refractivity (Wildman–Crippen MR) is 118 cm³/mol. The van der Waals surface area contributed by atoms with E-state index < -0.39 is 5.60 Å². The summed E-state index contributed by atoms with van der Waals surface area (Å²) < 4.78 is 5.49. The third-order valence-corrected chi connectivity index (χ3v) is 5.15. The molecule has 1 aromatic carbocycles. The average Bonchev–Trinajstić information content (AvgIpc) is 2.72. The summed E-state index contributed by atoms with van der Waals surface area (Å²) in [6, 6.07) is 10.2. The number of aromatic nitrogens is 3. The van der Waals surface area contributed by atoms with Crippen molar-refractivity contribution in [1.29, 1.82) is 0 Å². The normalized spacial score (nSPS) is 14.8. The van der Waals surface area contributed by atoms with Gasteiger partial charge in [-0.3, -0.25) is 4.98 Å². The van der Waals surface area contributed by atoms with Crippen LogP contribution in [0, 0.1) is 6.92 Å². The Morgan fingerprint density at radius 3 is 2.50 bits per heavy atom. The van der Waals surface area contributed by atoms with Crippen molar-refractivity contribution in [3.63, 3.8) is 0 Å². The van der Waals surface area contributed by atoms with Crippen LogP contribution in [0.2, 0.25) is 0 Å². The molecule has 4 rings (SSSR count). The molecule has 1 aliphatic rings. The fourth-order valence-corrected chi connectivity index (χ4v) is 3.68. The van der Waals surface area contributed by atoms with Gasteiger partial charge in [0.25, 0.3) is 0 Å². The van der Waals surface area contributed by atoms with E-state index in [0.717, 1.165) is 33.5 Å². The second kappa shape index (κ2) is 7.89. The highest BCUT2D eigenvalue weighted by atomic mass is 16.6. The van der Waals surface area contributed by atoms with E-state index in [4.69, 9.17) is 4.74 Å². The van der Waals surface area contributed by atoms with Gasteiger partial charge in [0.15, 0.2) is 0 Å². The van der Waals surface area contributed by atoms with Crippen molar-refractivity contribution < 1.29 is 9.53 Å². The van der Waals surface area contributed by atoms with Crippen LogP contribution in [0.25, 0.3) is 22.2 Å². The molecule has 1 aliphatic heterocycles. The van der Waals surface area contributed by atoms with Crippen molar-refractivity contribution in [2.75, 3.05) is 31.1 Å². The Morgan fingerprint density at radius 1 is 1.03 bits per heavy atom. The van der Waals surface area contributed by atoms with Crippen LogP contribution in [0.1, 0.15) is 26.3 Å². The Hall–Kier alpha value is -3.22. The molecule has 30 heavy (non-hydrogen) atoms. The molecule has 1 amide bonds. The smallest absolute Gasteiger partial charge is 0.410 e. The van der Waals surface area contributed by atoms with Crippen LogP contribution in [0.4, 0.5) is 10.6 Å². The molecule has 3 aromatic rings. The summed E-state index contributed by atoms with van der Waals surface area (Å²) in [7, 11) is 0. The molecular formula is C23H27N5O2. The van der Waals surface area contributed by atoms with Crippen molar-refractivity contribution in [2.24, 2.45) is 0 Å². The van der Waals surface area contributed by atoms with Crippen LogP contribution in [0.5, 0.6) is 0 Å². The fourth-order valence-electron chi connectivity index (χ4n) is 3.68. The number of ether oxygens (including phenoxy) is 1. The number of benzene rings is 1. The maximum Gasteiger partial charge on any atom is 0.410 e. The average molecular weight is 406 g/mol. The first kappa shape index (κ1) is 20.1. The Kier molecular flexibility index (Phi) is 5.28. The van der Waals surface area contributed by atoms with E-state index in [1.54, 1.807) is 11.2 Å². The lowest BCUT2D eigenvalue weighted by molar-refractivity contribution is 0.0240. The van der Waals surface area contributed by atoms with Gasteiger partial charge in [0.1, 0.15) is 17.7 Å². The number of hydrogen-bond acceptors (Lipinski definition) is 6. The van der Waals surface area contributed by atoms with Gasteiger partial charge in [-0.05, 0) is 39.8 Å². The zero-order valence-corrected chi connectivity index (χ0v) is 17.9. The highest BCUT2D eigenvalue weighted by Crippen LogP contribution is 2.29. The lowest BCUT2D eigenvalue weighted by Crippen LogP contribution is -2.50. The number of rotatable bonds is 2. The number of carbonyl (C=O) groups excluding carboxylic acids is 1. The molecule has 0 atom stereocenters. The van der Waals surface area contributed by atoms with Gasteiger partial charge in [-0.1, -0.05) is 18.2 Å². The minimum absolute atomic E-state index is 0.260. The van der Waals surface area contributed by atoms with Crippen LogP contribution in [0.15, 0.2) is 42.9 Å². The van der Waals surface area contributed by atoms with E-state index in [2.05, 4.69) is 32.0 Å². The van der Waals surface area contributed by atoms with Crippen molar-refractivity contribution in [2.45, 2.75) is 33.3 Å². The summed E-state index contributed by atoms with van der Waals surface area (Å²) in [6.45, 7) is 10.3. The maximum atomic E-state index is 12.3. The van der Waals surface area contributed by atoms with Crippen LogP contribution < -0.4 is 4.90 Å². The Balaban J connectivity index is 1.53. The van der Waals surface area contributed by atoms with Gasteiger partial charge >= 0.3 is 6.09 Å². The highest BCUT2D eigenvalue weighted by molar-refractivity contribution is 5.83. The minimum Gasteiger partial charge on any atom is -0.444 e. The Bertz CT molecular complexity index is 1070. The molecular weight excluding hydrogens is 378 g/mol. The van der Waals surface area contributed by atoms with Crippen LogP contribution in [-0.4, -0.2) is 57.7 Å². The molecule has 0 spiro atoms. The zero-order chi connectivity index (χ0) is 21.3. The quantitative estimate of drug-likeness (QED) is 0.640. The largest absolute Gasteiger partial charge is 0.444 e. The number of anilines is 1. The lowest BCUT2D eigenvalue weighted by Gasteiger charge is -2.36. The van der Waals surface area contributed by atoms with E-state index >= 15 is 0 Å². The molecule has 7 heteroatoms. The maximum absolute atomic E-state index is 12.3. The topological polar surface area (TPSA) is 71.5 Å². The van der Waals surface area contributed by atoms with Gasteiger partial charge in [0, 0.05) is 48.9 Å².